The maximum Gasteiger partial charge on any atom is 0.138 e. The van der Waals surface area contributed by atoms with Crippen molar-refractivity contribution in [2.45, 2.75) is 6.92 Å². The Hall–Kier alpha value is -0.900. The van der Waals surface area contributed by atoms with Crippen molar-refractivity contribution in [3.05, 3.63) is 22.2 Å². The maximum atomic E-state index is 4.58. The Morgan fingerprint density at radius 2 is 2.18 bits per heavy atom. The quantitative estimate of drug-likeness (QED) is 0.673. The van der Waals surface area contributed by atoms with E-state index in [2.05, 4.69) is 30.9 Å². The highest BCUT2D eigenvalue weighted by atomic mass is 79.9. The standard InChI is InChI=1S/C7H5BrN2O/c1-4-2-5(8)3-6-7(4)10-11-9-6/h2-3H,1H3. The van der Waals surface area contributed by atoms with Crippen LogP contribution in [0.5, 0.6) is 0 Å². The number of fused-ring (bicyclic) bond motifs is 1. The van der Waals surface area contributed by atoms with Crippen LogP contribution in [-0.4, -0.2) is 10.3 Å². The van der Waals surface area contributed by atoms with Gasteiger partial charge in [0.2, 0.25) is 0 Å². The summed E-state index contributed by atoms with van der Waals surface area (Å²) in [4.78, 5) is 0. The summed E-state index contributed by atoms with van der Waals surface area (Å²) < 4.78 is 5.58. The van der Waals surface area contributed by atoms with E-state index in [1.165, 1.54) is 0 Å². The van der Waals surface area contributed by atoms with Crippen LogP contribution >= 0.6 is 15.9 Å². The molecule has 0 aliphatic heterocycles. The van der Waals surface area contributed by atoms with Crippen LogP contribution in [0.25, 0.3) is 11.0 Å². The van der Waals surface area contributed by atoms with Gasteiger partial charge in [-0.15, -0.1) is 0 Å². The molecule has 0 saturated heterocycles. The molecule has 1 aromatic carbocycles. The number of aryl methyl sites for hydroxylation is 1. The first-order valence-corrected chi connectivity index (χ1v) is 3.95. The number of aromatic nitrogens is 2. The normalized spacial score (nSPS) is 10.7. The Balaban J connectivity index is 2.91. The topological polar surface area (TPSA) is 38.9 Å². The number of benzene rings is 1. The van der Waals surface area contributed by atoms with Crippen LogP contribution in [-0.2, 0) is 0 Å². The minimum atomic E-state index is 0.789. The van der Waals surface area contributed by atoms with E-state index in [9.17, 15) is 0 Å². The van der Waals surface area contributed by atoms with Gasteiger partial charge in [-0.05, 0) is 34.9 Å². The lowest BCUT2D eigenvalue weighted by Gasteiger charge is -1.91. The number of hydrogen-bond donors (Lipinski definition) is 0. The van der Waals surface area contributed by atoms with E-state index < -0.39 is 0 Å². The van der Waals surface area contributed by atoms with E-state index in [0.29, 0.717) is 0 Å². The number of nitrogens with zero attached hydrogens (tertiary/aromatic N) is 2. The lowest BCUT2D eigenvalue weighted by atomic mass is 10.2. The third-order valence-corrected chi connectivity index (χ3v) is 1.97. The highest BCUT2D eigenvalue weighted by Crippen LogP contribution is 2.20. The Morgan fingerprint density at radius 3 is 3.00 bits per heavy atom. The molecule has 0 bridgehead atoms. The second-order valence-corrected chi connectivity index (χ2v) is 3.27. The van der Waals surface area contributed by atoms with Crippen LogP contribution < -0.4 is 0 Å². The fourth-order valence-electron chi connectivity index (χ4n) is 1.01. The van der Waals surface area contributed by atoms with Gasteiger partial charge in [-0.1, -0.05) is 15.9 Å². The predicted molar refractivity (Wildman–Crippen MR) is 44.2 cm³/mol. The number of halogens is 1. The largest absolute Gasteiger partial charge is 0.243 e. The molecular weight excluding hydrogens is 208 g/mol. The molecule has 56 valence electrons. The van der Waals surface area contributed by atoms with Gasteiger partial charge in [0.1, 0.15) is 11.0 Å². The third-order valence-electron chi connectivity index (χ3n) is 1.52. The van der Waals surface area contributed by atoms with Crippen molar-refractivity contribution in [1.82, 2.24) is 10.3 Å². The Kier molecular flexibility index (Phi) is 1.42. The first-order valence-electron chi connectivity index (χ1n) is 3.16. The lowest BCUT2D eigenvalue weighted by molar-refractivity contribution is 0.315. The second-order valence-electron chi connectivity index (χ2n) is 2.35. The predicted octanol–water partition coefficient (Wildman–Crippen LogP) is 2.29. The van der Waals surface area contributed by atoms with Gasteiger partial charge in [0, 0.05) is 4.47 Å². The summed E-state index contributed by atoms with van der Waals surface area (Å²) in [6, 6.07) is 3.85. The number of hydrogen-bond acceptors (Lipinski definition) is 3. The molecule has 1 aromatic heterocycles. The van der Waals surface area contributed by atoms with Gasteiger partial charge in [-0.25, -0.2) is 4.63 Å². The molecule has 0 unspecified atom stereocenters. The molecular formula is C7H5BrN2O. The molecule has 0 fully saturated rings. The van der Waals surface area contributed by atoms with E-state index in [1.54, 1.807) is 0 Å². The smallest absolute Gasteiger partial charge is 0.138 e. The minimum Gasteiger partial charge on any atom is -0.243 e. The summed E-state index contributed by atoms with van der Waals surface area (Å²) in [5, 5.41) is 7.48. The highest BCUT2D eigenvalue weighted by molar-refractivity contribution is 9.10. The molecule has 0 radical (unpaired) electrons. The molecule has 2 aromatic rings. The summed E-state index contributed by atoms with van der Waals surface area (Å²) in [6.07, 6.45) is 0. The van der Waals surface area contributed by atoms with Crippen LogP contribution in [0, 0.1) is 6.92 Å². The average molecular weight is 213 g/mol. The molecule has 1 heterocycles. The van der Waals surface area contributed by atoms with Crippen molar-refractivity contribution in [1.29, 1.82) is 0 Å². The average Bonchev–Trinajstić information content (AvgIpc) is 2.34. The fourth-order valence-corrected chi connectivity index (χ4v) is 1.57. The summed E-state index contributed by atoms with van der Waals surface area (Å²) in [7, 11) is 0. The lowest BCUT2D eigenvalue weighted by Crippen LogP contribution is -1.76. The Labute approximate surface area is 71.5 Å². The van der Waals surface area contributed by atoms with E-state index in [1.807, 2.05) is 19.1 Å². The zero-order chi connectivity index (χ0) is 7.84. The van der Waals surface area contributed by atoms with E-state index in [0.717, 1.165) is 21.1 Å². The van der Waals surface area contributed by atoms with Crippen molar-refractivity contribution in [2.24, 2.45) is 0 Å². The van der Waals surface area contributed by atoms with Gasteiger partial charge in [0.25, 0.3) is 0 Å². The van der Waals surface area contributed by atoms with Gasteiger partial charge < -0.3 is 0 Å². The maximum absolute atomic E-state index is 4.58. The second kappa shape index (κ2) is 2.30. The summed E-state index contributed by atoms with van der Waals surface area (Å²) in [6.45, 7) is 1.97. The molecule has 0 spiro atoms. The van der Waals surface area contributed by atoms with Crippen molar-refractivity contribution < 1.29 is 4.63 Å². The zero-order valence-corrected chi connectivity index (χ0v) is 7.42. The van der Waals surface area contributed by atoms with Crippen molar-refractivity contribution in [2.75, 3.05) is 0 Å². The third kappa shape index (κ3) is 1.03. The molecule has 2 rings (SSSR count). The van der Waals surface area contributed by atoms with Crippen LogP contribution in [0.2, 0.25) is 0 Å². The molecule has 0 atom stereocenters. The van der Waals surface area contributed by atoms with Crippen molar-refractivity contribution >= 4 is 27.0 Å². The van der Waals surface area contributed by atoms with Gasteiger partial charge >= 0.3 is 0 Å². The first kappa shape index (κ1) is 6.79. The Bertz CT molecular complexity index is 396. The Morgan fingerprint density at radius 1 is 1.36 bits per heavy atom. The summed E-state index contributed by atoms with van der Waals surface area (Å²) >= 11 is 3.36. The fraction of sp³-hybridized carbons (Fsp3) is 0.143. The number of rotatable bonds is 0. The molecule has 0 amide bonds. The van der Waals surface area contributed by atoms with Crippen molar-refractivity contribution in [3.8, 4) is 0 Å². The van der Waals surface area contributed by atoms with Gasteiger partial charge in [0.05, 0.1) is 0 Å². The van der Waals surface area contributed by atoms with Crippen LogP contribution in [0.15, 0.2) is 21.2 Å². The molecule has 0 N–H and O–H groups in total. The van der Waals surface area contributed by atoms with Crippen molar-refractivity contribution in [3.63, 3.8) is 0 Å². The van der Waals surface area contributed by atoms with E-state index in [-0.39, 0.29) is 0 Å². The van der Waals surface area contributed by atoms with Crippen LogP contribution in [0.3, 0.4) is 0 Å². The molecule has 4 heteroatoms. The van der Waals surface area contributed by atoms with Gasteiger partial charge in [0.15, 0.2) is 0 Å². The zero-order valence-electron chi connectivity index (χ0n) is 5.84. The van der Waals surface area contributed by atoms with Gasteiger partial charge in [-0.2, -0.15) is 0 Å². The van der Waals surface area contributed by atoms with E-state index in [4.69, 9.17) is 0 Å². The van der Waals surface area contributed by atoms with Gasteiger partial charge in [-0.3, -0.25) is 0 Å². The highest BCUT2D eigenvalue weighted by Gasteiger charge is 2.03. The molecule has 0 aliphatic rings. The molecule has 3 nitrogen and oxygen atoms in total. The monoisotopic (exact) mass is 212 g/mol. The van der Waals surface area contributed by atoms with Crippen LogP contribution in [0.4, 0.5) is 0 Å². The summed E-state index contributed by atoms with van der Waals surface area (Å²) in [5.74, 6) is 0. The molecule has 0 aliphatic carbocycles. The summed E-state index contributed by atoms with van der Waals surface area (Å²) in [5.41, 5.74) is 2.68. The minimum absolute atomic E-state index is 0.789. The van der Waals surface area contributed by atoms with Crippen LogP contribution in [0.1, 0.15) is 5.56 Å². The first-order chi connectivity index (χ1) is 5.27. The molecule has 11 heavy (non-hydrogen) atoms. The SMILES string of the molecule is Cc1cc(Br)cc2nonc12. The molecule has 0 saturated carbocycles. The van der Waals surface area contributed by atoms with E-state index >= 15 is 0 Å².